The van der Waals surface area contributed by atoms with Gasteiger partial charge in [-0.2, -0.15) is 0 Å². The molecule has 17 heavy (non-hydrogen) atoms. The lowest BCUT2D eigenvalue weighted by Crippen LogP contribution is -2.30. The second-order valence-corrected chi connectivity index (χ2v) is 4.43. The number of furan rings is 1. The Labute approximate surface area is 100 Å². The highest BCUT2D eigenvalue weighted by Gasteiger charge is 2.14. The second kappa shape index (κ2) is 5.84. The highest BCUT2D eigenvalue weighted by Crippen LogP contribution is 2.14. The van der Waals surface area contributed by atoms with Crippen molar-refractivity contribution < 1.29 is 19.4 Å². The first kappa shape index (κ1) is 13.7. The third kappa shape index (κ3) is 3.87. The van der Waals surface area contributed by atoms with Crippen LogP contribution < -0.4 is 5.32 Å². The molecule has 1 aromatic heterocycles. The van der Waals surface area contributed by atoms with Gasteiger partial charge in [0.15, 0.2) is 0 Å². The Kier molecular flexibility index (Phi) is 4.72. The van der Waals surface area contributed by atoms with E-state index in [0.717, 1.165) is 0 Å². The van der Waals surface area contributed by atoms with Crippen molar-refractivity contribution in [2.24, 2.45) is 5.92 Å². The number of aliphatic hydroxyl groups excluding tert-OH is 1. The number of aryl methyl sites for hydroxylation is 1. The van der Waals surface area contributed by atoms with Crippen molar-refractivity contribution in [2.75, 3.05) is 6.54 Å². The summed E-state index contributed by atoms with van der Waals surface area (Å²) in [5, 5.41) is 21.4. The van der Waals surface area contributed by atoms with Gasteiger partial charge in [0.25, 0.3) is 0 Å². The van der Waals surface area contributed by atoms with Crippen LogP contribution >= 0.6 is 0 Å². The summed E-state index contributed by atoms with van der Waals surface area (Å²) in [6, 6.07) is 1.51. The minimum absolute atomic E-state index is 0.186. The van der Waals surface area contributed by atoms with Gasteiger partial charge in [0.05, 0.1) is 12.6 Å². The summed E-state index contributed by atoms with van der Waals surface area (Å²) in [5.74, 6) is 0.171. The zero-order chi connectivity index (χ0) is 13.0. The summed E-state index contributed by atoms with van der Waals surface area (Å²) in [5.41, 5.74) is 0.186. The zero-order valence-corrected chi connectivity index (χ0v) is 10.4. The predicted molar refractivity (Wildman–Crippen MR) is 63.0 cm³/mol. The van der Waals surface area contributed by atoms with E-state index < -0.39 is 12.1 Å². The number of hydrogen-bond acceptors (Lipinski definition) is 4. The third-order valence-electron chi connectivity index (χ3n) is 2.62. The van der Waals surface area contributed by atoms with Crippen molar-refractivity contribution in [1.82, 2.24) is 5.32 Å². The van der Waals surface area contributed by atoms with Crippen LogP contribution in [0.25, 0.3) is 0 Å². The van der Waals surface area contributed by atoms with E-state index in [1.54, 1.807) is 6.92 Å². The van der Waals surface area contributed by atoms with Gasteiger partial charge in [-0.25, -0.2) is 4.79 Å². The fourth-order valence-electron chi connectivity index (χ4n) is 1.42. The molecular formula is C12H19NO4. The Morgan fingerprint density at radius 2 is 2.18 bits per heavy atom. The molecule has 0 saturated carbocycles. The van der Waals surface area contributed by atoms with Crippen molar-refractivity contribution in [3.63, 3.8) is 0 Å². The van der Waals surface area contributed by atoms with E-state index in [-0.39, 0.29) is 11.5 Å². The first-order valence-electron chi connectivity index (χ1n) is 5.63. The van der Waals surface area contributed by atoms with Gasteiger partial charge in [0.2, 0.25) is 0 Å². The molecule has 1 heterocycles. The van der Waals surface area contributed by atoms with E-state index in [1.807, 2.05) is 13.8 Å². The average molecular weight is 241 g/mol. The van der Waals surface area contributed by atoms with Crippen molar-refractivity contribution in [3.8, 4) is 0 Å². The van der Waals surface area contributed by atoms with E-state index in [4.69, 9.17) is 9.52 Å². The molecule has 0 aliphatic rings. The van der Waals surface area contributed by atoms with E-state index in [1.165, 1.54) is 6.07 Å². The molecule has 0 aromatic carbocycles. The SMILES string of the molecule is Cc1oc(CNCC(O)C(C)C)cc1C(=O)O. The molecule has 0 aliphatic carbocycles. The van der Waals surface area contributed by atoms with Crippen LogP contribution in [0.5, 0.6) is 0 Å². The topological polar surface area (TPSA) is 82.7 Å². The normalized spacial score (nSPS) is 13.0. The standard InChI is InChI=1S/C12H19NO4/c1-7(2)11(14)6-13-5-9-4-10(12(15)16)8(3)17-9/h4,7,11,13-14H,5-6H2,1-3H3,(H,15,16). The number of rotatable bonds is 6. The first-order chi connectivity index (χ1) is 7.91. The molecule has 3 N–H and O–H groups in total. The van der Waals surface area contributed by atoms with Crippen LogP contribution in [-0.2, 0) is 6.54 Å². The van der Waals surface area contributed by atoms with Crippen molar-refractivity contribution in [2.45, 2.75) is 33.4 Å². The molecule has 1 atom stereocenters. The molecule has 0 spiro atoms. The summed E-state index contributed by atoms with van der Waals surface area (Å²) < 4.78 is 5.29. The Morgan fingerprint density at radius 3 is 2.65 bits per heavy atom. The first-order valence-corrected chi connectivity index (χ1v) is 5.63. The van der Waals surface area contributed by atoms with Gasteiger partial charge >= 0.3 is 5.97 Å². The molecule has 5 heteroatoms. The lowest BCUT2D eigenvalue weighted by atomic mass is 10.1. The molecule has 0 radical (unpaired) electrons. The van der Waals surface area contributed by atoms with Crippen LogP contribution in [0.15, 0.2) is 10.5 Å². The minimum Gasteiger partial charge on any atom is -0.478 e. The minimum atomic E-state index is -0.986. The summed E-state index contributed by atoms with van der Waals surface area (Å²) in [6.45, 7) is 6.37. The van der Waals surface area contributed by atoms with Gasteiger partial charge in [0, 0.05) is 6.54 Å². The smallest absolute Gasteiger partial charge is 0.339 e. The van der Waals surface area contributed by atoms with E-state index in [0.29, 0.717) is 24.6 Å². The summed E-state index contributed by atoms with van der Waals surface area (Å²) in [7, 11) is 0. The molecule has 1 unspecified atom stereocenters. The summed E-state index contributed by atoms with van der Waals surface area (Å²) in [6.07, 6.45) is -0.412. The van der Waals surface area contributed by atoms with Gasteiger partial charge < -0.3 is 19.9 Å². The fourth-order valence-corrected chi connectivity index (χ4v) is 1.42. The number of carbonyl (C=O) groups is 1. The second-order valence-electron chi connectivity index (χ2n) is 4.43. The van der Waals surface area contributed by atoms with Gasteiger partial charge in [-0.15, -0.1) is 0 Å². The zero-order valence-electron chi connectivity index (χ0n) is 10.4. The van der Waals surface area contributed by atoms with Crippen molar-refractivity contribution >= 4 is 5.97 Å². The Balaban J connectivity index is 2.48. The van der Waals surface area contributed by atoms with Crippen LogP contribution in [-0.4, -0.2) is 28.8 Å². The van der Waals surface area contributed by atoms with Gasteiger partial charge in [0.1, 0.15) is 17.1 Å². The van der Waals surface area contributed by atoms with Crippen molar-refractivity contribution in [1.29, 1.82) is 0 Å². The summed E-state index contributed by atoms with van der Waals surface area (Å²) in [4.78, 5) is 10.8. The monoisotopic (exact) mass is 241 g/mol. The quantitative estimate of drug-likeness (QED) is 0.701. The number of aromatic carboxylic acids is 1. The molecule has 5 nitrogen and oxygen atoms in total. The fraction of sp³-hybridized carbons (Fsp3) is 0.583. The van der Waals surface area contributed by atoms with Crippen LogP contribution in [0.3, 0.4) is 0 Å². The lowest BCUT2D eigenvalue weighted by molar-refractivity contribution is 0.0695. The highest BCUT2D eigenvalue weighted by molar-refractivity contribution is 5.88. The number of aliphatic hydroxyl groups is 1. The predicted octanol–water partition coefficient (Wildman–Crippen LogP) is 1.39. The van der Waals surface area contributed by atoms with Crippen LogP contribution in [0, 0.1) is 12.8 Å². The molecule has 96 valence electrons. The number of hydrogen-bond donors (Lipinski definition) is 3. The Morgan fingerprint density at radius 1 is 1.53 bits per heavy atom. The molecule has 0 fully saturated rings. The Bertz CT molecular complexity index is 384. The van der Waals surface area contributed by atoms with Gasteiger partial charge in [-0.05, 0) is 18.9 Å². The number of nitrogens with one attached hydrogen (secondary N) is 1. The molecule has 1 aromatic rings. The van der Waals surface area contributed by atoms with Crippen LogP contribution in [0.4, 0.5) is 0 Å². The van der Waals surface area contributed by atoms with Crippen molar-refractivity contribution in [3.05, 3.63) is 23.2 Å². The number of carboxylic acid groups (broad SMARTS) is 1. The summed E-state index contributed by atoms with van der Waals surface area (Å²) >= 11 is 0. The third-order valence-corrected chi connectivity index (χ3v) is 2.62. The van der Waals surface area contributed by atoms with Crippen LogP contribution in [0.1, 0.15) is 35.7 Å². The van der Waals surface area contributed by atoms with E-state index in [2.05, 4.69) is 5.32 Å². The van der Waals surface area contributed by atoms with Gasteiger partial charge in [-0.3, -0.25) is 0 Å². The maximum absolute atomic E-state index is 10.8. The Hall–Kier alpha value is -1.33. The largest absolute Gasteiger partial charge is 0.478 e. The van der Waals surface area contributed by atoms with Crippen LogP contribution in [0.2, 0.25) is 0 Å². The molecule has 0 amide bonds. The maximum atomic E-state index is 10.8. The molecule has 0 bridgehead atoms. The molecule has 0 saturated heterocycles. The molecule has 0 aliphatic heterocycles. The highest BCUT2D eigenvalue weighted by atomic mass is 16.4. The lowest BCUT2D eigenvalue weighted by Gasteiger charge is -2.14. The maximum Gasteiger partial charge on any atom is 0.339 e. The van der Waals surface area contributed by atoms with E-state index in [9.17, 15) is 9.90 Å². The molecule has 1 rings (SSSR count). The van der Waals surface area contributed by atoms with Gasteiger partial charge in [-0.1, -0.05) is 13.8 Å². The average Bonchev–Trinajstić information content (AvgIpc) is 2.59. The van der Waals surface area contributed by atoms with E-state index >= 15 is 0 Å². The molecular weight excluding hydrogens is 222 g/mol. The number of carboxylic acids is 1.